The molecule has 1 aromatic carbocycles. The van der Waals surface area contributed by atoms with Gasteiger partial charge in [0.05, 0.1) is 5.69 Å². The van der Waals surface area contributed by atoms with Gasteiger partial charge >= 0.3 is 0 Å². The molecule has 0 radical (unpaired) electrons. The number of nitrogens with zero attached hydrogens (tertiary/aromatic N) is 4. The van der Waals surface area contributed by atoms with Crippen LogP contribution in [0.3, 0.4) is 0 Å². The van der Waals surface area contributed by atoms with E-state index in [0.29, 0.717) is 6.04 Å². The minimum atomic E-state index is 0.623. The number of rotatable bonds is 4. The van der Waals surface area contributed by atoms with Gasteiger partial charge in [0.2, 0.25) is 0 Å². The zero-order valence-electron chi connectivity index (χ0n) is 12.1. The Labute approximate surface area is 119 Å². The fraction of sp³-hybridized carbons (Fsp3) is 0.533. The van der Waals surface area contributed by atoms with Gasteiger partial charge in [-0.05, 0) is 59.9 Å². The lowest BCUT2D eigenvalue weighted by molar-refractivity contribution is 0.489. The highest BCUT2D eigenvalue weighted by atomic mass is 15.5. The quantitative estimate of drug-likeness (QED) is 0.929. The number of anilines is 1. The summed E-state index contributed by atoms with van der Waals surface area (Å²) in [5.74, 6) is 0.814. The van der Waals surface area contributed by atoms with E-state index in [2.05, 4.69) is 52.9 Å². The van der Waals surface area contributed by atoms with Gasteiger partial charge in [0, 0.05) is 11.7 Å². The molecule has 5 nitrogen and oxygen atoms in total. The Morgan fingerprint density at radius 1 is 1.35 bits per heavy atom. The standard InChI is InChI=1S/C15H21N5/c1-3-12-5-4-6-14(12)17-13-7-8-15(11(2)9-13)20-10-16-18-19-20/h7-10,12,14,17H,3-6H2,1-2H3. The molecular weight excluding hydrogens is 250 g/mol. The average Bonchev–Trinajstić information content (AvgIpc) is 3.09. The second kappa shape index (κ2) is 5.61. The van der Waals surface area contributed by atoms with Crippen molar-refractivity contribution in [2.75, 3.05) is 5.32 Å². The van der Waals surface area contributed by atoms with Crippen LogP contribution in [0.5, 0.6) is 0 Å². The summed E-state index contributed by atoms with van der Waals surface area (Å²) in [5, 5.41) is 15.0. The minimum absolute atomic E-state index is 0.623. The molecule has 0 spiro atoms. The highest BCUT2D eigenvalue weighted by molar-refractivity contribution is 5.53. The third-order valence-corrected chi connectivity index (χ3v) is 4.33. The maximum absolute atomic E-state index is 3.94. The molecule has 1 aliphatic carbocycles. The number of aryl methyl sites for hydroxylation is 1. The van der Waals surface area contributed by atoms with E-state index in [9.17, 15) is 0 Å². The van der Waals surface area contributed by atoms with Gasteiger partial charge in [0.15, 0.2) is 0 Å². The molecule has 106 valence electrons. The van der Waals surface area contributed by atoms with Gasteiger partial charge in [-0.2, -0.15) is 0 Å². The molecule has 2 aromatic rings. The predicted molar refractivity (Wildman–Crippen MR) is 78.9 cm³/mol. The largest absolute Gasteiger partial charge is 0.382 e. The lowest BCUT2D eigenvalue weighted by atomic mass is 10.0. The maximum atomic E-state index is 3.94. The summed E-state index contributed by atoms with van der Waals surface area (Å²) in [4.78, 5) is 0. The van der Waals surface area contributed by atoms with Crippen molar-refractivity contribution < 1.29 is 0 Å². The summed E-state index contributed by atoms with van der Waals surface area (Å²) >= 11 is 0. The van der Waals surface area contributed by atoms with Gasteiger partial charge in [0.25, 0.3) is 0 Å². The molecule has 1 aliphatic rings. The highest BCUT2D eigenvalue weighted by Gasteiger charge is 2.25. The van der Waals surface area contributed by atoms with Crippen molar-refractivity contribution in [3.63, 3.8) is 0 Å². The first kappa shape index (κ1) is 13.1. The van der Waals surface area contributed by atoms with Crippen molar-refractivity contribution in [3.8, 4) is 5.69 Å². The average molecular weight is 271 g/mol. The van der Waals surface area contributed by atoms with Crippen LogP contribution in [0.25, 0.3) is 5.69 Å². The summed E-state index contributed by atoms with van der Waals surface area (Å²) in [7, 11) is 0. The molecule has 2 unspecified atom stereocenters. The molecule has 1 fully saturated rings. The normalized spacial score (nSPS) is 22.1. The van der Waals surface area contributed by atoms with Crippen molar-refractivity contribution in [1.82, 2.24) is 20.2 Å². The van der Waals surface area contributed by atoms with E-state index < -0.39 is 0 Å². The Balaban J connectivity index is 1.77. The lowest BCUT2D eigenvalue weighted by Crippen LogP contribution is -2.23. The zero-order valence-corrected chi connectivity index (χ0v) is 12.1. The minimum Gasteiger partial charge on any atom is -0.382 e. The van der Waals surface area contributed by atoms with Gasteiger partial charge in [-0.1, -0.05) is 19.8 Å². The first-order valence-corrected chi connectivity index (χ1v) is 7.38. The topological polar surface area (TPSA) is 55.6 Å². The fourth-order valence-electron chi connectivity index (χ4n) is 3.20. The van der Waals surface area contributed by atoms with Crippen LogP contribution in [0.15, 0.2) is 24.5 Å². The number of tetrazole rings is 1. The van der Waals surface area contributed by atoms with Crippen LogP contribution in [0, 0.1) is 12.8 Å². The molecule has 1 N–H and O–H groups in total. The Hall–Kier alpha value is -1.91. The number of hydrogen-bond acceptors (Lipinski definition) is 4. The summed E-state index contributed by atoms with van der Waals surface area (Å²) in [6.07, 6.45) is 6.87. The van der Waals surface area contributed by atoms with Crippen molar-refractivity contribution in [1.29, 1.82) is 0 Å². The Morgan fingerprint density at radius 3 is 2.95 bits per heavy atom. The third-order valence-electron chi connectivity index (χ3n) is 4.33. The molecule has 1 aromatic heterocycles. The van der Waals surface area contributed by atoms with Crippen LogP contribution in [0.2, 0.25) is 0 Å². The van der Waals surface area contributed by atoms with Gasteiger partial charge in [0.1, 0.15) is 6.33 Å². The molecule has 1 saturated carbocycles. The predicted octanol–water partition coefficient (Wildman–Crippen LogP) is 2.96. The number of benzene rings is 1. The molecule has 0 amide bonds. The van der Waals surface area contributed by atoms with E-state index in [-0.39, 0.29) is 0 Å². The Bertz CT molecular complexity index is 564. The van der Waals surface area contributed by atoms with Crippen LogP contribution < -0.4 is 5.32 Å². The van der Waals surface area contributed by atoms with Crippen LogP contribution >= 0.6 is 0 Å². The van der Waals surface area contributed by atoms with Crippen molar-refractivity contribution in [2.45, 2.75) is 45.6 Å². The maximum Gasteiger partial charge on any atom is 0.143 e. The van der Waals surface area contributed by atoms with Gasteiger partial charge in [-0.15, -0.1) is 5.10 Å². The molecule has 5 heteroatoms. The highest BCUT2D eigenvalue weighted by Crippen LogP contribution is 2.31. The number of nitrogens with one attached hydrogen (secondary N) is 1. The second-order valence-corrected chi connectivity index (χ2v) is 5.61. The van der Waals surface area contributed by atoms with Crippen molar-refractivity contribution in [3.05, 3.63) is 30.1 Å². The molecule has 2 atom stereocenters. The van der Waals surface area contributed by atoms with Crippen LogP contribution in [-0.4, -0.2) is 26.2 Å². The molecule has 0 bridgehead atoms. The van der Waals surface area contributed by atoms with Gasteiger partial charge in [-0.25, -0.2) is 4.68 Å². The lowest BCUT2D eigenvalue weighted by Gasteiger charge is -2.21. The summed E-state index contributed by atoms with van der Waals surface area (Å²) in [6.45, 7) is 4.38. The number of hydrogen-bond donors (Lipinski definition) is 1. The van der Waals surface area contributed by atoms with Gasteiger partial charge < -0.3 is 5.32 Å². The first-order valence-electron chi connectivity index (χ1n) is 7.38. The van der Waals surface area contributed by atoms with E-state index in [4.69, 9.17) is 0 Å². The zero-order chi connectivity index (χ0) is 13.9. The smallest absolute Gasteiger partial charge is 0.143 e. The monoisotopic (exact) mass is 271 g/mol. The first-order chi connectivity index (χ1) is 9.78. The third kappa shape index (κ3) is 2.53. The molecule has 0 aliphatic heterocycles. The van der Waals surface area contributed by atoms with E-state index in [0.717, 1.165) is 11.6 Å². The van der Waals surface area contributed by atoms with Crippen molar-refractivity contribution in [2.24, 2.45) is 5.92 Å². The van der Waals surface area contributed by atoms with E-state index in [1.807, 2.05) is 0 Å². The van der Waals surface area contributed by atoms with Crippen molar-refractivity contribution >= 4 is 5.69 Å². The summed E-state index contributed by atoms with van der Waals surface area (Å²) in [6, 6.07) is 7.00. The Kier molecular flexibility index (Phi) is 3.67. The molecule has 0 saturated heterocycles. The van der Waals surface area contributed by atoms with Gasteiger partial charge in [-0.3, -0.25) is 0 Å². The van der Waals surface area contributed by atoms with E-state index in [1.165, 1.54) is 36.9 Å². The fourth-order valence-corrected chi connectivity index (χ4v) is 3.20. The van der Waals surface area contributed by atoms with E-state index in [1.54, 1.807) is 11.0 Å². The summed E-state index contributed by atoms with van der Waals surface area (Å²) < 4.78 is 1.70. The molecular formula is C15H21N5. The van der Waals surface area contributed by atoms with Crippen LogP contribution in [0.1, 0.15) is 38.2 Å². The Morgan fingerprint density at radius 2 is 2.25 bits per heavy atom. The SMILES string of the molecule is CCC1CCCC1Nc1ccc(-n2cnnn2)c(C)c1. The summed E-state index contributed by atoms with van der Waals surface area (Å²) in [5.41, 5.74) is 3.40. The van der Waals surface area contributed by atoms with Crippen LogP contribution in [-0.2, 0) is 0 Å². The van der Waals surface area contributed by atoms with E-state index >= 15 is 0 Å². The molecule has 1 heterocycles. The second-order valence-electron chi connectivity index (χ2n) is 5.61. The molecule has 3 rings (SSSR count). The molecule has 20 heavy (non-hydrogen) atoms. The van der Waals surface area contributed by atoms with Crippen LogP contribution in [0.4, 0.5) is 5.69 Å². The number of aromatic nitrogens is 4.